The largest absolute Gasteiger partial charge is 0.352 e. The average Bonchev–Trinajstić information content (AvgIpc) is 1.65. The van der Waals surface area contributed by atoms with Gasteiger partial charge in [0, 0.05) is 0 Å². The van der Waals surface area contributed by atoms with E-state index in [9.17, 15) is 0 Å². The van der Waals surface area contributed by atoms with Crippen LogP contribution in [0.1, 0.15) is 13.3 Å². The molecule has 0 aliphatic carbocycles. The van der Waals surface area contributed by atoms with Crippen LogP contribution in [0.15, 0.2) is 12.7 Å². The molecule has 0 aromatic heterocycles. The highest BCUT2D eigenvalue weighted by atomic mass is 16.2. The molecule has 0 unspecified atom stereocenters. The van der Waals surface area contributed by atoms with Gasteiger partial charge in [-0.1, -0.05) is 13.0 Å². The number of amides is 2. The molecule has 8 heavy (non-hydrogen) atoms. The molecule has 3 heteroatoms. The fourth-order valence-electron chi connectivity index (χ4n) is 0. The lowest BCUT2D eigenvalue weighted by atomic mass is 10.5. The topological polar surface area (TPSA) is 69.1 Å². The first-order chi connectivity index (χ1) is 3.65. The predicted molar refractivity (Wildman–Crippen MR) is 34.3 cm³/mol. The van der Waals surface area contributed by atoms with Crippen LogP contribution in [-0.2, 0) is 0 Å². The first-order valence-corrected chi connectivity index (χ1v) is 2.31. The van der Waals surface area contributed by atoms with E-state index in [0.717, 1.165) is 6.42 Å². The minimum atomic E-state index is -0.833. The second-order valence-corrected chi connectivity index (χ2v) is 1.10. The number of hydrogen-bond donors (Lipinski definition) is 2. The van der Waals surface area contributed by atoms with Gasteiger partial charge in [0.25, 0.3) is 0 Å². The molecule has 0 saturated heterocycles. The Hall–Kier alpha value is -0.990. The maximum atomic E-state index is 9.00. The van der Waals surface area contributed by atoms with E-state index in [2.05, 4.69) is 25.0 Å². The molecule has 0 heterocycles. The Morgan fingerprint density at radius 2 is 1.88 bits per heavy atom. The lowest BCUT2D eigenvalue weighted by Crippen LogP contribution is -2.18. The lowest BCUT2D eigenvalue weighted by molar-refractivity contribution is 0.256. The van der Waals surface area contributed by atoms with Crippen molar-refractivity contribution in [2.75, 3.05) is 0 Å². The van der Waals surface area contributed by atoms with E-state index in [-0.39, 0.29) is 0 Å². The zero-order valence-electron chi connectivity index (χ0n) is 5.05. The van der Waals surface area contributed by atoms with Gasteiger partial charge >= 0.3 is 6.03 Å². The number of hydrogen-bond acceptors (Lipinski definition) is 1. The molecule has 0 aromatic rings. The molecule has 0 aromatic carbocycles. The van der Waals surface area contributed by atoms with Crippen LogP contribution in [0.2, 0.25) is 0 Å². The Balaban J connectivity index is 0. The Morgan fingerprint density at radius 3 is 1.88 bits per heavy atom. The van der Waals surface area contributed by atoms with Crippen LogP contribution < -0.4 is 11.5 Å². The summed E-state index contributed by atoms with van der Waals surface area (Å²) in [5.41, 5.74) is 8.50. The molecule has 48 valence electrons. The van der Waals surface area contributed by atoms with Gasteiger partial charge in [-0.15, -0.1) is 6.58 Å². The number of carbonyl (C=O) groups is 1. The van der Waals surface area contributed by atoms with Crippen molar-refractivity contribution >= 4 is 6.03 Å². The zero-order chi connectivity index (χ0) is 6.99. The molecule has 2 amide bonds. The van der Waals surface area contributed by atoms with Crippen molar-refractivity contribution < 1.29 is 4.79 Å². The highest BCUT2D eigenvalue weighted by Gasteiger charge is 1.60. The number of urea groups is 1. The summed E-state index contributed by atoms with van der Waals surface area (Å²) in [4.78, 5) is 9.00. The fourth-order valence-corrected chi connectivity index (χ4v) is 0. The minimum Gasteiger partial charge on any atom is -0.352 e. The van der Waals surface area contributed by atoms with Crippen molar-refractivity contribution in [2.24, 2.45) is 11.5 Å². The Morgan fingerprint density at radius 1 is 1.75 bits per heavy atom. The number of nitrogens with two attached hydrogens (primary N) is 2. The summed E-state index contributed by atoms with van der Waals surface area (Å²) in [6.07, 6.45) is 2.96. The molecule has 0 radical (unpaired) electrons. The summed E-state index contributed by atoms with van der Waals surface area (Å²) in [5, 5.41) is 0. The molecule has 0 rings (SSSR count). The monoisotopic (exact) mass is 116 g/mol. The summed E-state index contributed by atoms with van der Waals surface area (Å²) in [6.45, 7) is 5.54. The second-order valence-electron chi connectivity index (χ2n) is 1.10. The van der Waals surface area contributed by atoms with E-state index in [1.54, 1.807) is 0 Å². The third kappa shape index (κ3) is 806000. The van der Waals surface area contributed by atoms with Crippen molar-refractivity contribution in [1.29, 1.82) is 0 Å². The first-order valence-electron chi connectivity index (χ1n) is 2.31. The van der Waals surface area contributed by atoms with Gasteiger partial charge in [-0.2, -0.15) is 0 Å². The molecule has 0 spiro atoms. The summed E-state index contributed by atoms with van der Waals surface area (Å²) in [5.74, 6) is 0. The molecule has 0 aliphatic rings. The third-order valence-corrected chi connectivity index (χ3v) is 0.289. The number of rotatable bonds is 1. The standard InChI is InChI=1S/C4H8.CH4N2O/c1-3-4-2;2-1(3)4/h3H,1,4H2,2H3;(H4,2,3,4). The minimum absolute atomic E-state index is 0.833. The van der Waals surface area contributed by atoms with Gasteiger partial charge in [0.1, 0.15) is 0 Å². The number of primary amides is 2. The van der Waals surface area contributed by atoms with Crippen LogP contribution in [0.4, 0.5) is 4.79 Å². The fraction of sp³-hybridized carbons (Fsp3) is 0.400. The van der Waals surface area contributed by atoms with Gasteiger partial charge in [0.15, 0.2) is 0 Å². The molecule has 0 atom stereocenters. The molecule has 0 bridgehead atoms. The van der Waals surface area contributed by atoms with Gasteiger partial charge in [-0.05, 0) is 6.42 Å². The highest BCUT2D eigenvalue weighted by Crippen LogP contribution is 1.66. The van der Waals surface area contributed by atoms with Crippen LogP contribution >= 0.6 is 0 Å². The van der Waals surface area contributed by atoms with Crippen LogP contribution in [0.25, 0.3) is 0 Å². The maximum Gasteiger partial charge on any atom is 0.309 e. The first kappa shape index (κ1) is 10.1. The van der Waals surface area contributed by atoms with Crippen molar-refractivity contribution in [2.45, 2.75) is 13.3 Å². The average molecular weight is 116 g/mol. The molecule has 4 N–H and O–H groups in total. The van der Waals surface area contributed by atoms with Crippen LogP contribution in [0.5, 0.6) is 0 Å². The summed E-state index contributed by atoms with van der Waals surface area (Å²) < 4.78 is 0. The van der Waals surface area contributed by atoms with Crippen LogP contribution in [0, 0.1) is 0 Å². The molecule has 0 fully saturated rings. The van der Waals surface area contributed by atoms with E-state index < -0.39 is 6.03 Å². The summed E-state index contributed by atoms with van der Waals surface area (Å²) >= 11 is 0. The van der Waals surface area contributed by atoms with Gasteiger partial charge in [0.2, 0.25) is 0 Å². The van der Waals surface area contributed by atoms with E-state index in [1.165, 1.54) is 0 Å². The highest BCUT2D eigenvalue weighted by molar-refractivity contribution is 5.69. The molecule has 0 saturated carbocycles. The van der Waals surface area contributed by atoms with Gasteiger partial charge in [-0.3, -0.25) is 0 Å². The number of carbonyl (C=O) groups excluding carboxylic acids is 1. The zero-order valence-corrected chi connectivity index (χ0v) is 5.05. The quantitative estimate of drug-likeness (QED) is 0.484. The SMILES string of the molecule is C=CCC.NC(N)=O. The van der Waals surface area contributed by atoms with Crippen molar-refractivity contribution in [3.8, 4) is 0 Å². The Labute approximate surface area is 49.4 Å². The molecular formula is C5H12N2O. The molecule has 0 aliphatic heterocycles. The molecular weight excluding hydrogens is 104 g/mol. The Bertz CT molecular complexity index is 66.8. The van der Waals surface area contributed by atoms with Crippen LogP contribution in [-0.4, -0.2) is 6.03 Å². The van der Waals surface area contributed by atoms with Gasteiger partial charge in [0.05, 0.1) is 0 Å². The normalized spacial score (nSPS) is 6.12. The van der Waals surface area contributed by atoms with Crippen molar-refractivity contribution in [1.82, 2.24) is 0 Å². The van der Waals surface area contributed by atoms with E-state index in [1.807, 2.05) is 6.08 Å². The van der Waals surface area contributed by atoms with Crippen molar-refractivity contribution in [3.63, 3.8) is 0 Å². The van der Waals surface area contributed by atoms with Gasteiger partial charge < -0.3 is 11.5 Å². The van der Waals surface area contributed by atoms with Gasteiger partial charge in [-0.25, -0.2) is 4.79 Å². The lowest BCUT2D eigenvalue weighted by Gasteiger charge is -1.62. The smallest absolute Gasteiger partial charge is 0.309 e. The maximum absolute atomic E-state index is 9.00. The predicted octanol–water partition coefficient (Wildman–Crippen LogP) is 0.606. The summed E-state index contributed by atoms with van der Waals surface area (Å²) in [6, 6.07) is -0.833. The second kappa shape index (κ2) is 9.38. The van der Waals surface area contributed by atoms with Crippen molar-refractivity contribution in [3.05, 3.63) is 12.7 Å². The number of allylic oxidation sites excluding steroid dienone is 1. The third-order valence-electron chi connectivity index (χ3n) is 0.289. The van der Waals surface area contributed by atoms with E-state index >= 15 is 0 Å². The summed E-state index contributed by atoms with van der Waals surface area (Å²) in [7, 11) is 0. The van der Waals surface area contributed by atoms with Crippen LogP contribution in [0.3, 0.4) is 0 Å². The Kier molecular flexibility index (Phi) is 11.8. The van der Waals surface area contributed by atoms with E-state index in [0.29, 0.717) is 0 Å². The molecule has 3 nitrogen and oxygen atoms in total. The van der Waals surface area contributed by atoms with E-state index in [4.69, 9.17) is 4.79 Å².